The number of phenolic OH excluding ortho intramolecular Hbond substituents is 1. The third kappa shape index (κ3) is 2.45. The van der Waals surface area contributed by atoms with E-state index in [9.17, 15) is 26.3 Å². The van der Waals surface area contributed by atoms with Crippen molar-refractivity contribution in [1.29, 1.82) is 0 Å². The average Bonchev–Trinajstić information content (AvgIpc) is 2.07. The van der Waals surface area contributed by atoms with Gasteiger partial charge in [-0.25, -0.2) is 13.2 Å². The fraction of sp³-hybridized carbons (Fsp3) is 0.143. The summed E-state index contributed by atoms with van der Waals surface area (Å²) in [6.07, 6.45) is -5.07. The Kier molecular flexibility index (Phi) is 2.69. The predicted molar refractivity (Wildman–Crippen MR) is 37.7 cm³/mol. The molecule has 0 amide bonds. The van der Waals surface area contributed by atoms with Crippen LogP contribution in [0.25, 0.3) is 0 Å². The Labute approximate surface area is 79.1 Å². The first kappa shape index (κ1) is 11.5. The van der Waals surface area contributed by atoms with E-state index < -0.39 is 35.2 Å². The minimum Gasteiger partial charge on any atom is -0.506 e. The molecule has 2 nitrogen and oxygen atoms in total. The number of hydrogen-bond acceptors (Lipinski definition) is 2. The molecule has 8 heteroatoms. The van der Waals surface area contributed by atoms with Crippen LogP contribution in [0.15, 0.2) is 6.07 Å². The maximum Gasteiger partial charge on any atom is 0.482 e. The number of benzene rings is 1. The zero-order valence-electron chi connectivity index (χ0n) is 6.79. The van der Waals surface area contributed by atoms with Crippen LogP contribution in [0.1, 0.15) is 0 Å². The zero-order valence-corrected chi connectivity index (χ0v) is 6.79. The van der Waals surface area contributed by atoms with E-state index >= 15 is 0 Å². The summed E-state index contributed by atoms with van der Waals surface area (Å²) >= 11 is 0. The first-order valence-corrected chi connectivity index (χ1v) is 3.43. The van der Waals surface area contributed by atoms with E-state index in [1.807, 2.05) is 0 Å². The molecule has 1 aromatic rings. The highest BCUT2D eigenvalue weighted by atomic mass is 19.4. The number of aromatic hydroxyl groups is 1. The lowest BCUT2D eigenvalue weighted by atomic mass is 10.2. The van der Waals surface area contributed by atoms with Crippen molar-refractivity contribution in [2.75, 3.05) is 5.32 Å². The Morgan fingerprint density at radius 2 is 1.60 bits per heavy atom. The number of alkyl halides is 3. The first-order valence-electron chi connectivity index (χ1n) is 3.43. The van der Waals surface area contributed by atoms with Crippen LogP contribution >= 0.6 is 0 Å². The van der Waals surface area contributed by atoms with E-state index in [4.69, 9.17) is 5.11 Å². The van der Waals surface area contributed by atoms with Crippen LogP contribution < -0.4 is 5.32 Å². The summed E-state index contributed by atoms with van der Waals surface area (Å²) in [5.74, 6) is -7.38. The minimum absolute atomic E-state index is 0.0342. The maximum absolute atomic E-state index is 12.7. The fourth-order valence-corrected chi connectivity index (χ4v) is 0.843. The molecule has 0 atom stereocenters. The quantitative estimate of drug-likeness (QED) is 0.337. The van der Waals surface area contributed by atoms with Gasteiger partial charge in [0.2, 0.25) is 0 Å². The van der Waals surface area contributed by atoms with E-state index in [0.29, 0.717) is 5.32 Å². The molecular weight excluding hydrogens is 228 g/mol. The van der Waals surface area contributed by atoms with E-state index in [0.717, 1.165) is 0 Å². The van der Waals surface area contributed by atoms with Crippen molar-refractivity contribution < 1.29 is 31.4 Å². The Balaban J connectivity index is 3.24. The Morgan fingerprint density at radius 1 is 1.07 bits per heavy atom. The van der Waals surface area contributed by atoms with Gasteiger partial charge in [-0.1, -0.05) is 0 Å². The largest absolute Gasteiger partial charge is 0.506 e. The Bertz CT molecular complexity index is 388. The van der Waals surface area contributed by atoms with E-state index in [1.54, 1.807) is 0 Å². The molecule has 0 bridgehead atoms. The summed E-state index contributed by atoms with van der Waals surface area (Å²) < 4.78 is 72.7. The molecule has 1 rings (SSSR count). The minimum atomic E-state index is -5.07. The number of halogens is 6. The second-order valence-corrected chi connectivity index (χ2v) is 2.50. The smallest absolute Gasteiger partial charge is 0.482 e. The van der Waals surface area contributed by atoms with Crippen molar-refractivity contribution >= 4 is 5.69 Å². The lowest BCUT2D eigenvalue weighted by Crippen LogP contribution is -2.22. The Morgan fingerprint density at radius 3 is 2.07 bits per heavy atom. The average molecular weight is 231 g/mol. The van der Waals surface area contributed by atoms with Gasteiger partial charge < -0.3 is 5.11 Å². The SMILES string of the molecule is Oc1cc(F)c(F)c(F)c1NC(F)(F)F. The van der Waals surface area contributed by atoms with Crippen molar-refractivity contribution in [1.82, 2.24) is 0 Å². The zero-order chi connectivity index (χ0) is 11.8. The number of hydrogen-bond donors (Lipinski definition) is 2. The van der Waals surface area contributed by atoms with Crippen LogP contribution in [0.4, 0.5) is 32.0 Å². The van der Waals surface area contributed by atoms with Gasteiger partial charge in [-0.3, -0.25) is 5.32 Å². The number of rotatable bonds is 1. The molecule has 0 aromatic heterocycles. The molecule has 0 aliphatic rings. The molecule has 0 saturated carbocycles. The molecule has 2 N–H and O–H groups in total. The molecule has 1 aromatic carbocycles. The highest BCUT2D eigenvalue weighted by molar-refractivity contribution is 5.57. The lowest BCUT2D eigenvalue weighted by molar-refractivity contribution is -0.100. The van der Waals surface area contributed by atoms with Gasteiger partial charge in [-0.2, -0.15) is 13.2 Å². The van der Waals surface area contributed by atoms with Crippen LogP contribution in [-0.2, 0) is 0 Å². The second-order valence-electron chi connectivity index (χ2n) is 2.50. The van der Waals surface area contributed by atoms with Gasteiger partial charge in [0.25, 0.3) is 0 Å². The highest BCUT2D eigenvalue weighted by Crippen LogP contribution is 2.33. The van der Waals surface area contributed by atoms with Gasteiger partial charge in [0, 0.05) is 6.07 Å². The summed E-state index contributed by atoms with van der Waals surface area (Å²) in [7, 11) is 0. The topological polar surface area (TPSA) is 32.3 Å². The van der Waals surface area contributed by atoms with Gasteiger partial charge >= 0.3 is 6.30 Å². The van der Waals surface area contributed by atoms with Crippen molar-refractivity contribution in [3.63, 3.8) is 0 Å². The third-order valence-electron chi connectivity index (χ3n) is 1.41. The van der Waals surface area contributed by atoms with E-state index in [2.05, 4.69) is 0 Å². The summed E-state index contributed by atoms with van der Waals surface area (Å²) in [5.41, 5.74) is -1.55. The molecule has 0 spiro atoms. The van der Waals surface area contributed by atoms with E-state index in [-0.39, 0.29) is 6.07 Å². The van der Waals surface area contributed by atoms with Gasteiger partial charge in [0.05, 0.1) is 0 Å². The van der Waals surface area contributed by atoms with E-state index in [1.165, 1.54) is 0 Å². The summed E-state index contributed by atoms with van der Waals surface area (Å²) in [6, 6.07) is 0.0342. The van der Waals surface area contributed by atoms with Gasteiger partial charge in [0.1, 0.15) is 11.4 Å². The van der Waals surface area contributed by atoms with Gasteiger partial charge in [0.15, 0.2) is 17.5 Å². The third-order valence-corrected chi connectivity index (χ3v) is 1.41. The molecule has 0 saturated heterocycles. The number of nitrogens with one attached hydrogen (secondary N) is 1. The van der Waals surface area contributed by atoms with Gasteiger partial charge in [-0.15, -0.1) is 0 Å². The molecule has 0 aliphatic heterocycles. The summed E-state index contributed by atoms with van der Waals surface area (Å²) in [5, 5.41) is 9.30. The van der Waals surface area contributed by atoms with Crippen LogP contribution in [0.3, 0.4) is 0 Å². The molecular formula is C7H3F6NO. The van der Waals surface area contributed by atoms with Crippen LogP contribution in [0.5, 0.6) is 5.75 Å². The van der Waals surface area contributed by atoms with Crippen LogP contribution in [-0.4, -0.2) is 11.4 Å². The lowest BCUT2D eigenvalue weighted by Gasteiger charge is -2.12. The fourth-order valence-electron chi connectivity index (χ4n) is 0.843. The molecule has 0 heterocycles. The van der Waals surface area contributed by atoms with Crippen LogP contribution in [0.2, 0.25) is 0 Å². The van der Waals surface area contributed by atoms with Crippen LogP contribution in [0, 0.1) is 17.5 Å². The standard InChI is InChI=1S/C7H3F6NO/c8-2-1-3(15)6(5(10)4(2)9)14-7(11,12)13/h1,14-15H. The number of phenols is 1. The molecule has 0 unspecified atom stereocenters. The molecule has 0 radical (unpaired) electrons. The summed E-state index contributed by atoms with van der Waals surface area (Å²) in [4.78, 5) is 0. The van der Waals surface area contributed by atoms with Crippen molar-refractivity contribution in [2.24, 2.45) is 0 Å². The normalized spacial score (nSPS) is 11.6. The van der Waals surface area contributed by atoms with Crippen molar-refractivity contribution in [3.05, 3.63) is 23.5 Å². The Hall–Kier alpha value is -1.60. The predicted octanol–water partition coefficient (Wildman–Crippen LogP) is 2.74. The highest BCUT2D eigenvalue weighted by Gasteiger charge is 2.31. The maximum atomic E-state index is 12.7. The molecule has 0 fully saturated rings. The molecule has 84 valence electrons. The summed E-state index contributed by atoms with van der Waals surface area (Å²) in [6.45, 7) is 0. The van der Waals surface area contributed by atoms with Gasteiger partial charge in [-0.05, 0) is 0 Å². The second kappa shape index (κ2) is 3.52. The monoisotopic (exact) mass is 231 g/mol. The first-order chi connectivity index (χ1) is 6.72. The van der Waals surface area contributed by atoms with Crippen molar-refractivity contribution in [2.45, 2.75) is 6.30 Å². The molecule has 15 heavy (non-hydrogen) atoms. The van der Waals surface area contributed by atoms with Crippen molar-refractivity contribution in [3.8, 4) is 5.75 Å². The molecule has 0 aliphatic carbocycles. The number of anilines is 1.